The van der Waals surface area contributed by atoms with Crippen molar-refractivity contribution in [2.24, 2.45) is 0 Å². The summed E-state index contributed by atoms with van der Waals surface area (Å²) in [5.41, 5.74) is -0.317. The summed E-state index contributed by atoms with van der Waals surface area (Å²) in [5, 5.41) is 8.74. The smallest absolute Gasteiger partial charge is 0.338 e. The Hall–Kier alpha value is -2.50. The first kappa shape index (κ1) is 12.9. The third-order valence-electron chi connectivity index (χ3n) is 2.41. The van der Waals surface area contributed by atoms with Crippen molar-refractivity contribution in [3.8, 4) is 5.88 Å². The number of aromatic carboxylic acids is 1. The summed E-state index contributed by atoms with van der Waals surface area (Å²) in [7, 11) is 0. The largest absolute Gasteiger partial charge is 0.478 e. The number of aromatic nitrogens is 1. The van der Waals surface area contributed by atoms with Gasteiger partial charge in [-0.1, -0.05) is 18.2 Å². The number of hydrogen-bond donors (Lipinski definition) is 1. The maximum Gasteiger partial charge on any atom is 0.338 e. The summed E-state index contributed by atoms with van der Waals surface area (Å²) in [5.74, 6) is -3.46. The van der Waals surface area contributed by atoms with E-state index in [1.165, 1.54) is 18.2 Å². The van der Waals surface area contributed by atoms with E-state index in [-0.39, 0.29) is 12.2 Å². The third-order valence-corrected chi connectivity index (χ3v) is 2.41. The van der Waals surface area contributed by atoms with Crippen LogP contribution in [0, 0.1) is 11.6 Å². The summed E-state index contributed by atoms with van der Waals surface area (Å²) in [6, 6.07) is 6.88. The molecule has 0 aliphatic carbocycles. The molecule has 1 heterocycles. The van der Waals surface area contributed by atoms with Gasteiger partial charge in [0.05, 0.1) is 0 Å². The first-order valence-corrected chi connectivity index (χ1v) is 5.33. The molecule has 0 unspecified atom stereocenters. The molecule has 6 heteroatoms. The highest BCUT2D eigenvalue weighted by Gasteiger charge is 2.16. The van der Waals surface area contributed by atoms with Gasteiger partial charge < -0.3 is 9.84 Å². The van der Waals surface area contributed by atoms with Crippen molar-refractivity contribution < 1.29 is 23.4 Å². The molecule has 1 N–H and O–H groups in total. The Bertz CT molecular complexity index is 617. The molecule has 4 nitrogen and oxygen atoms in total. The van der Waals surface area contributed by atoms with E-state index in [4.69, 9.17) is 9.84 Å². The Labute approximate surface area is 107 Å². The van der Waals surface area contributed by atoms with Gasteiger partial charge in [0, 0.05) is 11.8 Å². The van der Waals surface area contributed by atoms with Crippen molar-refractivity contribution >= 4 is 5.97 Å². The van der Waals surface area contributed by atoms with Gasteiger partial charge in [-0.3, -0.25) is 0 Å². The SMILES string of the molecule is O=C(O)c1ccnc(OCc2ccccc2F)c1F. The molecule has 0 aliphatic rings. The van der Waals surface area contributed by atoms with Gasteiger partial charge in [-0.2, -0.15) is 0 Å². The molecule has 2 rings (SSSR count). The zero-order valence-electron chi connectivity index (χ0n) is 9.64. The molecular weight excluding hydrogens is 256 g/mol. The van der Waals surface area contributed by atoms with Crippen LogP contribution in [0.2, 0.25) is 0 Å². The van der Waals surface area contributed by atoms with Crippen molar-refractivity contribution in [1.29, 1.82) is 0 Å². The number of hydrogen-bond acceptors (Lipinski definition) is 3. The molecule has 0 fully saturated rings. The number of carboxylic acids is 1. The minimum Gasteiger partial charge on any atom is -0.478 e. The minimum absolute atomic E-state index is 0.226. The van der Waals surface area contributed by atoms with Gasteiger partial charge in [0.25, 0.3) is 5.88 Å². The molecule has 0 radical (unpaired) electrons. The fourth-order valence-corrected chi connectivity index (χ4v) is 1.45. The second-order valence-electron chi connectivity index (χ2n) is 3.66. The zero-order chi connectivity index (χ0) is 13.8. The summed E-state index contributed by atoms with van der Waals surface area (Å²) >= 11 is 0. The first-order valence-electron chi connectivity index (χ1n) is 5.33. The molecule has 1 aromatic heterocycles. The fraction of sp³-hybridized carbons (Fsp3) is 0.0769. The molecule has 0 spiro atoms. The van der Waals surface area contributed by atoms with Crippen LogP contribution in [0.3, 0.4) is 0 Å². The van der Waals surface area contributed by atoms with Crippen LogP contribution in [0.1, 0.15) is 15.9 Å². The Kier molecular flexibility index (Phi) is 3.70. The molecule has 98 valence electrons. The second-order valence-corrected chi connectivity index (χ2v) is 3.66. The molecule has 0 bridgehead atoms. The van der Waals surface area contributed by atoms with Crippen LogP contribution < -0.4 is 4.74 Å². The summed E-state index contributed by atoms with van der Waals surface area (Å²) < 4.78 is 32.0. The van der Waals surface area contributed by atoms with Gasteiger partial charge in [0.1, 0.15) is 18.0 Å². The predicted octanol–water partition coefficient (Wildman–Crippen LogP) is 2.64. The van der Waals surface area contributed by atoms with Crippen molar-refractivity contribution in [1.82, 2.24) is 4.98 Å². The van der Waals surface area contributed by atoms with Crippen LogP contribution in [0.25, 0.3) is 0 Å². The number of halogens is 2. The van der Waals surface area contributed by atoms with Gasteiger partial charge in [-0.15, -0.1) is 0 Å². The van der Waals surface area contributed by atoms with Gasteiger partial charge in [0.15, 0.2) is 5.82 Å². The quantitative estimate of drug-likeness (QED) is 0.923. The van der Waals surface area contributed by atoms with Crippen molar-refractivity contribution in [3.05, 3.63) is 59.3 Å². The van der Waals surface area contributed by atoms with Crippen molar-refractivity contribution in [3.63, 3.8) is 0 Å². The molecular formula is C13H9F2NO3. The van der Waals surface area contributed by atoms with E-state index in [9.17, 15) is 13.6 Å². The number of ether oxygens (including phenoxy) is 1. The van der Waals surface area contributed by atoms with E-state index in [1.807, 2.05) is 0 Å². The second kappa shape index (κ2) is 5.43. The number of benzene rings is 1. The van der Waals surface area contributed by atoms with E-state index in [0.717, 1.165) is 12.3 Å². The Morgan fingerprint density at radius 3 is 2.68 bits per heavy atom. The molecule has 0 saturated heterocycles. The average molecular weight is 265 g/mol. The Balaban J connectivity index is 2.19. The van der Waals surface area contributed by atoms with Gasteiger partial charge in [-0.25, -0.2) is 18.6 Å². The van der Waals surface area contributed by atoms with E-state index < -0.39 is 29.0 Å². The summed E-state index contributed by atoms with van der Waals surface area (Å²) in [4.78, 5) is 14.3. The molecule has 19 heavy (non-hydrogen) atoms. The van der Waals surface area contributed by atoms with Crippen molar-refractivity contribution in [2.75, 3.05) is 0 Å². The molecule has 0 aliphatic heterocycles. The minimum atomic E-state index is -1.42. The zero-order valence-corrected chi connectivity index (χ0v) is 9.64. The third kappa shape index (κ3) is 2.85. The van der Waals surface area contributed by atoms with E-state index in [1.54, 1.807) is 6.07 Å². The lowest BCUT2D eigenvalue weighted by atomic mass is 10.2. The van der Waals surface area contributed by atoms with Crippen LogP contribution in [0.4, 0.5) is 8.78 Å². The van der Waals surface area contributed by atoms with E-state index in [0.29, 0.717) is 0 Å². The van der Waals surface area contributed by atoms with E-state index >= 15 is 0 Å². The Morgan fingerprint density at radius 1 is 1.26 bits per heavy atom. The highest BCUT2D eigenvalue weighted by molar-refractivity contribution is 5.88. The first-order chi connectivity index (χ1) is 9.09. The van der Waals surface area contributed by atoms with Gasteiger partial charge >= 0.3 is 5.97 Å². The summed E-state index contributed by atoms with van der Waals surface area (Å²) in [6.07, 6.45) is 1.11. The monoisotopic (exact) mass is 265 g/mol. The van der Waals surface area contributed by atoms with Crippen molar-refractivity contribution in [2.45, 2.75) is 6.61 Å². The van der Waals surface area contributed by atoms with Crippen LogP contribution in [-0.2, 0) is 6.61 Å². The molecule has 2 aromatic rings. The van der Waals surface area contributed by atoms with Crippen LogP contribution in [0.15, 0.2) is 36.5 Å². The highest BCUT2D eigenvalue weighted by atomic mass is 19.1. The van der Waals surface area contributed by atoms with E-state index in [2.05, 4.69) is 4.98 Å². The number of pyridine rings is 1. The maximum absolute atomic E-state index is 13.7. The Morgan fingerprint density at radius 2 is 2.00 bits per heavy atom. The fourth-order valence-electron chi connectivity index (χ4n) is 1.45. The van der Waals surface area contributed by atoms with Crippen LogP contribution in [0.5, 0.6) is 5.88 Å². The molecule has 0 amide bonds. The van der Waals surface area contributed by atoms with Crippen LogP contribution >= 0.6 is 0 Å². The average Bonchev–Trinajstić information content (AvgIpc) is 2.39. The number of carbonyl (C=O) groups is 1. The summed E-state index contributed by atoms with van der Waals surface area (Å²) in [6.45, 7) is -0.236. The molecule has 0 atom stereocenters. The molecule has 1 aromatic carbocycles. The standard InChI is InChI=1S/C13H9F2NO3/c14-10-4-2-1-3-8(10)7-19-12-11(15)9(13(17)18)5-6-16-12/h1-6H,7H2,(H,17,18). The molecule has 0 saturated carbocycles. The normalized spacial score (nSPS) is 10.2. The number of rotatable bonds is 4. The van der Waals surface area contributed by atoms with Crippen LogP contribution in [-0.4, -0.2) is 16.1 Å². The topological polar surface area (TPSA) is 59.4 Å². The lowest BCUT2D eigenvalue weighted by Crippen LogP contribution is -2.06. The maximum atomic E-state index is 13.7. The predicted molar refractivity (Wildman–Crippen MR) is 61.9 cm³/mol. The highest BCUT2D eigenvalue weighted by Crippen LogP contribution is 2.19. The number of nitrogens with zero attached hydrogens (tertiary/aromatic N) is 1. The lowest BCUT2D eigenvalue weighted by molar-refractivity contribution is 0.0690. The lowest BCUT2D eigenvalue weighted by Gasteiger charge is -2.08. The number of carboxylic acid groups (broad SMARTS) is 1. The van der Waals surface area contributed by atoms with Gasteiger partial charge in [-0.05, 0) is 12.1 Å². The van der Waals surface area contributed by atoms with Gasteiger partial charge in [0.2, 0.25) is 0 Å².